The predicted octanol–water partition coefficient (Wildman–Crippen LogP) is 2.64. The fourth-order valence-corrected chi connectivity index (χ4v) is 1.20. The molecule has 0 radical (unpaired) electrons. The van der Waals surface area contributed by atoms with Gasteiger partial charge in [0, 0.05) is 12.3 Å². The van der Waals surface area contributed by atoms with Gasteiger partial charge in [0.2, 0.25) is 0 Å². The molecule has 0 heterocycles. The topological polar surface area (TPSA) is 79.8 Å². The SMILES string of the molecule is N#CC(C#N)=CNc1cc(O)c(Br)cc1F. The van der Waals surface area contributed by atoms with E-state index in [-0.39, 0.29) is 21.5 Å². The number of phenols is 1. The van der Waals surface area contributed by atoms with Crippen molar-refractivity contribution in [1.29, 1.82) is 10.5 Å². The second-order valence-electron chi connectivity index (χ2n) is 2.71. The number of halogens is 2. The summed E-state index contributed by atoms with van der Waals surface area (Å²) in [6.45, 7) is 0. The zero-order valence-corrected chi connectivity index (χ0v) is 9.42. The Morgan fingerprint density at radius 3 is 2.62 bits per heavy atom. The molecule has 0 aliphatic heterocycles. The van der Waals surface area contributed by atoms with Gasteiger partial charge in [-0.3, -0.25) is 0 Å². The Kier molecular flexibility index (Phi) is 3.87. The van der Waals surface area contributed by atoms with E-state index in [4.69, 9.17) is 10.5 Å². The van der Waals surface area contributed by atoms with Gasteiger partial charge in [-0.25, -0.2) is 4.39 Å². The third kappa shape index (κ3) is 2.72. The Hall–Kier alpha value is -2.05. The minimum atomic E-state index is -0.615. The van der Waals surface area contributed by atoms with Crippen LogP contribution in [0.1, 0.15) is 0 Å². The van der Waals surface area contributed by atoms with Gasteiger partial charge >= 0.3 is 0 Å². The molecule has 0 saturated carbocycles. The van der Waals surface area contributed by atoms with Crippen molar-refractivity contribution in [2.45, 2.75) is 0 Å². The number of aromatic hydroxyl groups is 1. The van der Waals surface area contributed by atoms with E-state index in [9.17, 15) is 9.50 Å². The average molecular weight is 282 g/mol. The van der Waals surface area contributed by atoms with Crippen LogP contribution in [0.15, 0.2) is 28.4 Å². The van der Waals surface area contributed by atoms with E-state index in [1.807, 2.05) is 0 Å². The first-order valence-electron chi connectivity index (χ1n) is 4.03. The molecule has 0 atom stereocenters. The number of nitrogens with zero attached hydrogens (tertiary/aromatic N) is 2. The van der Waals surface area contributed by atoms with Crippen LogP contribution in [0.2, 0.25) is 0 Å². The standard InChI is InChI=1S/C10H5BrFN3O/c11-7-1-8(12)9(2-10(7)16)15-5-6(3-13)4-14/h1-2,5,15-16H. The van der Waals surface area contributed by atoms with Crippen molar-refractivity contribution in [3.8, 4) is 17.9 Å². The fourth-order valence-electron chi connectivity index (χ4n) is 0.888. The second-order valence-corrected chi connectivity index (χ2v) is 3.56. The lowest BCUT2D eigenvalue weighted by molar-refractivity contribution is 0.470. The van der Waals surface area contributed by atoms with E-state index < -0.39 is 5.82 Å². The van der Waals surface area contributed by atoms with E-state index in [1.54, 1.807) is 12.1 Å². The molecule has 1 rings (SSSR count). The second kappa shape index (κ2) is 5.15. The number of benzene rings is 1. The van der Waals surface area contributed by atoms with Gasteiger partial charge in [0.15, 0.2) is 0 Å². The van der Waals surface area contributed by atoms with Crippen molar-refractivity contribution in [3.05, 3.63) is 34.2 Å². The lowest BCUT2D eigenvalue weighted by Crippen LogP contribution is -1.93. The van der Waals surface area contributed by atoms with Gasteiger partial charge in [-0.05, 0) is 22.0 Å². The van der Waals surface area contributed by atoms with Crippen LogP contribution in [0.25, 0.3) is 0 Å². The van der Waals surface area contributed by atoms with Gasteiger partial charge in [0.25, 0.3) is 0 Å². The number of anilines is 1. The summed E-state index contributed by atoms with van der Waals surface area (Å²) in [5.41, 5.74) is -0.217. The summed E-state index contributed by atoms with van der Waals surface area (Å²) in [5.74, 6) is -0.760. The number of nitrogens with one attached hydrogen (secondary N) is 1. The summed E-state index contributed by atoms with van der Waals surface area (Å²) in [6, 6.07) is 5.44. The molecule has 0 fully saturated rings. The fraction of sp³-hybridized carbons (Fsp3) is 0. The summed E-state index contributed by atoms with van der Waals surface area (Å²) < 4.78 is 13.5. The van der Waals surface area contributed by atoms with Crippen LogP contribution in [0, 0.1) is 28.5 Å². The number of hydrogen-bond acceptors (Lipinski definition) is 4. The summed E-state index contributed by atoms with van der Waals surface area (Å²) >= 11 is 2.95. The van der Waals surface area contributed by atoms with Crippen LogP contribution < -0.4 is 5.32 Å². The first-order valence-corrected chi connectivity index (χ1v) is 4.82. The van der Waals surface area contributed by atoms with Crippen molar-refractivity contribution in [2.24, 2.45) is 0 Å². The Morgan fingerprint density at radius 2 is 2.06 bits per heavy atom. The quantitative estimate of drug-likeness (QED) is 0.817. The zero-order valence-electron chi connectivity index (χ0n) is 7.83. The molecule has 0 amide bonds. The third-order valence-electron chi connectivity index (χ3n) is 1.65. The van der Waals surface area contributed by atoms with Crippen molar-refractivity contribution in [3.63, 3.8) is 0 Å². The number of allylic oxidation sites excluding steroid dienone is 1. The third-order valence-corrected chi connectivity index (χ3v) is 2.28. The Balaban J connectivity index is 3.01. The van der Waals surface area contributed by atoms with Crippen LogP contribution >= 0.6 is 15.9 Å². The largest absolute Gasteiger partial charge is 0.507 e. The predicted molar refractivity (Wildman–Crippen MR) is 58.7 cm³/mol. The highest BCUT2D eigenvalue weighted by atomic mass is 79.9. The highest BCUT2D eigenvalue weighted by molar-refractivity contribution is 9.10. The normalized spacial score (nSPS) is 8.75. The van der Waals surface area contributed by atoms with Gasteiger partial charge in [0.05, 0.1) is 10.2 Å². The number of rotatable bonds is 2. The molecule has 0 unspecified atom stereocenters. The molecule has 6 heteroatoms. The van der Waals surface area contributed by atoms with E-state index in [2.05, 4.69) is 21.2 Å². The summed E-state index contributed by atoms with van der Waals surface area (Å²) in [5, 5.41) is 28.6. The van der Waals surface area contributed by atoms with Gasteiger partial charge in [-0.15, -0.1) is 0 Å². The number of phenolic OH excluding ortho intramolecular Hbond substituents is 1. The Morgan fingerprint density at radius 1 is 1.44 bits per heavy atom. The molecule has 0 aliphatic carbocycles. The average Bonchev–Trinajstić information content (AvgIpc) is 2.26. The van der Waals surface area contributed by atoms with Crippen LogP contribution in [0.3, 0.4) is 0 Å². The van der Waals surface area contributed by atoms with E-state index in [0.29, 0.717) is 0 Å². The lowest BCUT2D eigenvalue weighted by atomic mass is 10.3. The van der Waals surface area contributed by atoms with Crippen LogP contribution in [0.4, 0.5) is 10.1 Å². The molecule has 0 aliphatic rings. The van der Waals surface area contributed by atoms with Gasteiger partial charge < -0.3 is 10.4 Å². The summed E-state index contributed by atoms with van der Waals surface area (Å²) in [7, 11) is 0. The summed E-state index contributed by atoms with van der Waals surface area (Å²) in [4.78, 5) is 0. The minimum absolute atomic E-state index is 0.0244. The molecule has 16 heavy (non-hydrogen) atoms. The first-order chi connectivity index (χ1) is 7.58. The highest BCUT2D eigenvalue weighted by Crippen LogP contribution is 2.29. The molecule has 1 aromatic rings. The highest BCUT2D eigenvalue weighted by Gasteiger charge is 2.06. The maximum Gasteiger partial charge on any atom is 0.148 e. The van der Waals surface area contributed by atoms with Crippen molar-refractivity contribution < 1.29 is 9.50 Å². The van der Waals surface area contributed by atoms with Crippen LogP contribution in [0.5, 0.6) is 5.75 Å². The first kappa shape index (κ1) is 12.0. The lowest BCUT2D eigenvalue weighted by Gasteiger charge is -2.04. The van der Waals surface area contributed by atoms with E-state index >= 15 is 0 Å². The van der Waals surface area contributed by atoms with Gasteiger partial charge in [0.1, 0.15) is 29.3 Å². The molecule has 80 valence electrons. The molecule has 0 spiro atoms. The molecule has 0 bridgehead atoms. The maximum absolute atomic E-state index is 13.3. The van der Waals surface area contributed by atoms with Crippen LogP contribution in [-0.2, 0) is 0 Å². The maximum atomic E-state index is 13.3. The van der Waals surface area contributed by atoms with Crippen molar-refractivity contribution in [1.82, 2.24) is 0 Å². The monoisotopic (exact) mass is 281 g/mol. The Labute approximate surface area is 99.4 Å². The van der Waals surface area contributed by atoms with E-state index in [1.165, 1.54) is 0 Å². The Bertz CT molecular complexity index is 512. The summed E-state index contributed by atoms with van der Waals surface area (Å²) in [6.07, 6.45) is 1.06. The number of nitriles is 2. The van der Waals surface area contributed by atoms with Crippen molar-refractivity contribution in [2.75, 3.05) is 5.32 Å². The van der Waals surface area contributed by atoms with Gasteiger partial charge in [-0.1, -0.05) is 0 Å². The molecule has 4 nitrogen and oxygen atoms in total. The minimum Gasteiger partial charge on any atom is -0.507 e. The molecular weight excluding hydrogens is 277 g/mol. The molecule has 0 saturated heterocycles. The zero-order chi connectivity index (χ0) is 12.1. The van der Waals surface area contributed by atoms with Gasteiger partial charge in [-0.2, -0.15) is 10.5 Å². The molecular formula is C10H5BrFN3O. The molecule has 2 N–H and O–H groups in total. The van der Waals surface area contributed by atoms with Crippen molar-refractivity contribution >= 4 is 21.6 Å². The smallest absolute Gasteiger partial charge is 0.148 e. The van der Waals surface area contributed by atoms with Crippen LogP contribution in [-0.4, -0.2) is 5.11 Å². The molecule has 1 aromatic carbocycles. The van der Waals surface area contributed by atoms with E-state index in [0.717, 1.165) is 18.3 Å². The molecule has 0 aromatic heterocycles. The number of hydrogen-bond donors (Lipinski definition) is 2.